The smallest absolute Gasteiger partial charge is 0.337 e. The van der Waals surface area contributed by atoms with Gasteiger partial charge in [0.1, 0.15) is 11.3 Å². The van der Waals surface area contributed by atoms with E-state index < -0.39 is 23.3 Å². The van der Waals surface area contributed by atoms with Crippen molar-refractivity contribution in [3.63, 3.8) is 0 Å². The van der Waals surface area contributed by atoms with E-state index in [0.29, 0.717) is 38.2 Å². The minimum Gasteiger partial charge on any atom is -0.337 e. The van der Waals surface area contributed by atoms with Gasteiger partial charge in [0.05, 0.1) is 0 Å². The van der Waals surface area contributed by atoms with Gasteiger partial charge in [-0.25, -0.2) is 9.97 Å². The van der Waals surface area contributed by atoms with Crippen molar-refractivity contribution in [1.82, 2.24) is 19.9 Å². The molecule has 0 bridgehead atoms. The van der Waals surface area contributed by atoms with Gasteiger partial charge in [0.15, 0.2) is 0 Å². The number of aromatic nitrogens is 3. The predicted molar refractivity (Wildman–Crippen MR) is 82.2 cm³/mol. The zero-order valence-corrected chi connectivity index (χ0v) is 13.0. The summed E-state index contributed by atoms with van der Waals surface area (Å²) in [6, 6.07) is 3.31. The lowest BCUT2D eigenvalue weighted by atomic mass is 10.2. The Labute approximate surface area is 140 Å². The minimum atomic E-state index is -4.66. The lowest BCUT2D eigenvalue weighted by Gasteiger charge is -2.34. The minimum absolute atomic E-state index is 0.308. The van der Waals surface area contributed by atoms with Crippen LogP contribution in [-0.4, -0.2) is 51.9 Å². The maximum absolute atomic E-state index is 12.6. The van der Waals surface area contributed by atoms with Gasteiger partial charge < -0.3 is 14.8 Å². The summed E-state index contributed by atoms with van der Waals surface area (Å²) < 4.78 is 37.7. The third kappa shape index (κ3) is 3.62. The summed E-state index contributed by atoms with van der Waals surface area (Å²) in [4.78, 5) is 37.5. The first-order valence-electron chi connectivity index (χ1n) is 7.48. The average Bonchev–Trinajstić information content (AvgIpc) is 2.61. The van der Waals surface area contributed by atoms with Gasteiger partial charge in [0.25, 0.3) is 11.5 Å². The first-order valence-corrected chi connectivity index (χ1v) is 7.48. The SMILES string of the molecule is O=C(c1ccc(C(F)(F)F)[nH]c1=O)N1CCN(c2ncccn2)CC1. The molecule has 25 heavy (non-hydrogen) atoms. The molecular weight excluding hydrogens is 339 g/mol. The molecule has 0 saturated carbocycles. The van der Waals surface area contributed by atoms with Crippen molar-refractivity contribution in [1.29, 1.82) is 0 Å². The molecule has 132 valence electrons. The van der Waals surface area contributed by atoms with Crippen LogP contribution in [0.2, 0.25) is 0 Å². The van der Waals surface area contributed by atoms with Gasteiger partial charge >= 0.3 is 6.18 Å². The van der Waals surface area contributed by atoms with E-state index in [1.165, 1.54) is 4.90 Å². The standard InChI is InChI=1S/C15H14F3N5O2/c16-15(17,18)11-3-2-10(12(24)21-11)13(25)22-6-8-23(9-7-22)14-19-4-1-5-20-14/h1-5H,6-9H2,(H,21,24). The van der Waals surface area contributed by atoms with Crippen molar-refractivity contribution < 1.29 is 18.0 Å². The Bertz CT molecular complexity index is 814. The van der Waals surface area contributed by atoms with Crippen LogP contribution in [0.4, 0.5) is 19.1 Å². The normalized spacial score (nSPS) is 15.3. The summed E-state index contributed by atoms with van der Waals surface area (Å²) in [6.07, 6.45) is -1.44. The molecule has 0 aromatic carbocycles. The zero-order chi connectivity index (χ0) is 18.0. The van der Waals surface area contributed by atoms with Crippen LogP contribution in [0.5, 0.6) is 0 Å². The number of nitrogens with zero attached hydrogens (tertiary/aromatic N) is 4. The molecule has 0 spiro atoms. The molecule has 0 unspecified atom stereocenters. The molecule has 1 N–H and O–H groups in total. The van der Waals surface area contributed by atoms with E-state index in [1.807, 2.05) is 4.90 Å². The van der Waals surface area contributed by atoms with Gasteiger partial charge in [-0.2, -0.15) is 13.2 Å². The van der Waals surface area contributed by atoms with Crippen LogP contribution in [0.1, 0.15) is 16.1 Å². The molecule has 2 aromatic rings. The van der Waals surface area contributed by atoms with Crippen LogP contribution < -0.4 is 10.5 Å². The van der Waals surface area contributed by atoms with E-state index in [-0.39, 0.29) is 5.56 Å². The largest absolute Gasteiger partial charge is 0.431 e. The molecule has 7 nitrogen and oxygen atoms in total. The number of anilines is 1. The molecule has 0 atom stereocenters. The van der Waals surface area contributed by atoms with E-state index >= 15 is 0 Å². The summed E-state index contributed by atoms with van der Waals surface area (Å²) >= 11 is 0. The summed E-state index contributed by atoms with van der Waals surface area (Å²) in [5.41, 5.74) is -2.54. The van der Waals surface area contributed by atoms with Gasteiger partial charge in [-0.05, 0) is 18.2 Å². The topological polar surface area (TPSA) is 82.2 Å². The molecule has 1 aliphatic rings. The third-order valence-electron chi connectivity index (χ3n) is 3.85. The molecule has 1 saturated heterocycles. The van der Waals surface area contributed by atoms with Crippen molar-refractivity contribution in [3.8, 4) is 0 Å². The summed E-state index contributed by atoms with van der Waals surface area (Å²) in [6.45, 7) is 1.57. The molecule has 1 fully saturated rings. The van der Waals surface area contributed by atoms with Crippen LogP contribution in [0, 0.1) is 0 Å². The second kappa shape index (κ2) is 6.54. The Balaban J connectivity index is 1.70. The van der Waals surface area contributed by atoms with E-state index in [4.69, 9.17) is 0 Å². The van der Waals surface area contributed by atoms with Crippen molar-refractivity contribution in [2.75, 3.05) is 31.1 Å². The number of piperazine rings is 1. The number of amides is 1. The number of carbonyl (C=O) groups excluding carboxylic acids is 1. The fourth-order valence-electron chi connectivity index (χ4n) is 2.54. The van der Waals surface area contributed by atoms with Crippen LogP contribution >= 0.6 is 0 Å². The van der Waals surface area contributed by atoms with Gasteiger partial charge in [0.2, 0.25) is 5.95 Å². The predicted octanol–water partition coefficient (Wildman–Crippen LogP) is 1.15. The monoisotopic (exact) mass is 353 g/mol. The van der Waals surface area contributed by atoms with Crippen LogP contribution in [0.25, 0.3) is 0 Å². The number of hydrogen-bond acceptors (Lipinski definition) is 5. The fourth-order valence-corrected chi connectivity index (χ4v) is 2.54. The molecule has 0 radical (unpaired) electrons. The quantitative estimate of drug-likeness (QED) is 0.876. The first kappa shape index (κ1) is 16.9. The van der Waals surface area contributed by atoms with E-state index in [9.17, 15) is 22.8 Å². The van der Waals surface area contributed by atoms with Gasteiger partial charge in [-0.3, -0.25) is 9.59 Å². The number of rotatable bonds is 2. The van der Waals surface area contributed by atoms with Crippen molar-refractivity contribution in [3.05, 3.63) is 52.2 Å². The van der Waals surface area contributed by atoms with Crippen LogP contribution in [0.3, 0.4) is 0 Å². The molecule has 2 aromatic heterocycles. The number of H-pyrrole nitrogens is 1. The Morgan fingerprint density at radius 1 is 1.08 bits per heavy atom. The van der Waals surface area contributed by atoms with Crippen molar-refractivity contribution in [2.24, 2.45) is 0 Å². The highest BCUT2D eigenvalue weighted by atomic mass is 19.4. The molecule has 3 rings (SSSR count). The second-order valence-electron chi connectivity index (χ2n) is 5.44. The third-order valence-corrected chi connectivity index (χ3v) is 3.85. The zero-order valence-electron chi connectivity index (χ0n) is 13.0. The Hall–Kier alpha value is -2.91. The maximum Gasteiger partial charge on any atom is 0.431 e. The summed E-state index contributed by atoms with van der Waals surface area (Å²) in [5, 5.41) is 0. The van der Waals surface area contributed by atoms with Gasteiger partial charge in [-0.1, -0.05) is 0 Å². The molecule has 1 amide bonds. The van der Waals surface area contributed by atoms with Gasteiger partial charge in [-0.15, -0.1) is 0 Å². The number of nitrogens with one attached hydrogen (secondary N) is 1. The Morgan fingerprint density at radius 2 is 1.72 bits per heavy atom. The Morgan fingerprint density at radius 3 is 2.28 bits per heavy atom. The maximum atomic E-state index is 12.6. The number of alkyl halides is 3. The number of hydrogen-bond donors (Lipinski definition) is 1. The van der Waals surface area contributed by atoms with Crippen LogP contribution in [-0.2, 0) is 6.18 Å². The van der Waals surface area contributed by atoms with E-state index in [1.54, 1.807) is 23.4 Å². The lowest BCUT2D eigenvalue weighted by molar-refractivity contribution is -0.141. The highest BCUT2D eigenvalue weighted by Crippen LogP contribution is 2.26. The number of carbonyl (C=O) groups is 1. The van der Waals surface area contributed by atoms with E-state index in [2.05, 4.69) is 9.97 Å². The van der Waals surface area contributed by atoms with Crippen molar-refractivity contribution in [2.45, 2.75) is 6.18 Å². The van der Waals surface area contributed by atoms with E-state index in [0.717, 1.165) is 6.07 Å². The highest BCUT2D eigenvalue weighted by molar-refractivity contribution is 5.94. The molecule has 1 aliphatic heterocycles. The average molecular weight is 353 g/mol. The molecule has 10 heteroatoms. The Kier molecular flexibility index (Phi) is 4.43. The van der Waals surface area contributed by atoms with Crippen molar-refractivity contribution >= 4 is 11.9 Å². The lowest BCUT2D eigenvalue weighted by Crippen LogP contribution is -2.50. The summed E-state index contributed by atoms with van der Waals surface area (Å²) in [5.74, 6) is -0.0504. The first-order chi connectivity index (χ1) is 11.9. The van der Waals surface area contributed by atoms with Crippen LogP contribution in [0.15, 0.2) is 35.4 Å². The molecule has 0 aliphatic carbocycles. The number of pyridine rings is 1. The van der Waals surface area contributed by atoms with Gasteiger partial charge in [0, 0.05) is 38.6 Å². The fraction of sp³-hybridized carbons (Fsp3) is 0.333. The number of aromatic amines is 1. The summed E-state index contributed by atoms with van der Waals surface area (Å²) in [7, 11) is 0. The molecular formula is C15H14F3N5O2. The second-order valence-corrected chi connectivity index (χ2v) is 5.44. The highest BCUT2D eigenvalue weighted by Gasteiger charge is 2.33. The molecule has 3 heterocycles. The number of halogens is 3.